The van der Waals surface area contributed by atoms with E-state index in [9.17, 15) is 0 Å². The Kier molecular flexibility index (Phi) is 3.44. The first-order valence-electron chi connectivity index (χ1n) is 6.99. The molecule has 1 fully saturated rings. The van der Waals surface area contributed by atoms with Gasteiger partial charge in [0.05, 0.1) is 5.69 Å². The van der Waals surface area contributed by atoms with Gasteiger partial charge in [0.2, 0.25) is 11.8 Å². The Morgan fingerprint density at radius 3 is 2.70 bits per heavy atom. The first-order chi connectivity index (χ1) is 9.60. The van der Waals surface area contributed by atoms with Gasteiger partial charge >= 0.3 is 0 Å². The Morgan fingerprint density at radius 2 is 2.05 bits per heavy atom. The summed E-state index contributed by atoms with van der Waals surface area (Å²) in [7, 11) is 1.87. The number of nitrogens with one attached hydrogen (secondary N) is 1. The zero-order chi connectivity index (χ0) is 14.1. The molecule has 0 radical (unpaired) electrons. The quantitative estimate of drug-likeness (QED) is 0.908. The molecule has 0 saturated heterocycles. The van der Waals surface area contributed by atoms with Crippen LogP contribution in [0.25, 0.3) is 0 Å². The first-order valence-corrected chi connectivity index (χ1v) is 6.99. The molecule has 106 valence electrons. The standard InChI is InChI=1S/C15H20N4O/c1-10-6-12(9-16-13-4-5-13)8-14(17-10)20-15-7-11(2)18-19(15)3/h6-8,13,16H,4-5,9H2,1-3H3. The number of pyridine rings is 1. The Morgan fingerprint density at radius 1 is 1.25 bits per heavy atom. The van der Waals surface area contributed by atoms with Gasteiger partial charge in [-0.1, -0.05) is 0 Å². The van der Waals surface area contributed by atoms with Crippen molar-refractivity contribution in [3.8, 4) is 11.8 Å². The largest absolute Gasteiger partial charge is 0.421 e. The second-order valence-electron chi connectivity index (χ2n) is 5.46. The lowest BCUT2D eigenvalue weighted by Gasteiger charge is -2.09. The number of aryl methyl sites for hydroxylation is 3. The molecule has 1 saturated carbocycles. The zero-order valence-corrected chi connectivity index (χ0v) is 12.2. The molecular formula is C15H20N4O. The third-order valence-corrected chi connectivity index (χ3v) is 3.33. The Labute approximate surface area is 119 Å². The van der Waals surface area contributed by atoms with Crippen molar-refractivity contribution in [2.24, 2.45) is 7.05 Å². The minimum absolute atomic E-state index is 0.626. The zero-order valence-electron chi connectivity index (χ0n) is 12.2. The van der Waals surface area contributed by atoms with Crippen molar-refractivity contribution in [3.05, 3.63) is 35.2 Å². The highest BCUT2D eigenvalue weighted by atomic mass is 16.5. The van der Waals surface area contributed by atoms with E-state index in [-0.39, 0.29) is 0 Å². The molecule has 2 aromatic heterocycles. The second-order valence-corrected chi connectivity index (χ2v) is 5.46. The fourth-order valence-corrected chi connectivity index (χ4v) is 2.20. The molecule has 0 bridgehead atoms. The van der Waals surface area contributed by atoms with E-state index in [4.69, 9.17) is 4.74 Å². The molecule has 1 aliphatic rings. The molecule has 2 heterocycles. The van der Waals surface area contributed by atoms with Crippen LogP contribution < -0.4 is 10.1 Å². The molecule has 5 nitrogen and oxygen atoms in total. The van der Waals surface area contributed by atoms with Gasteiger partial charge in [-0.2, -0.15) is 5.10 Å². The van der Waals surface area contributed by atoms with Gasteiger partial charge in [-0.3, -0.25) is 0 Å². The van der Waals surface area contributed by atoms with Gasteiger partial charge in [-0.05, 0) is 38.3 Å². The Balaban J connectivity index is 1.76. The molecule has 2 aromatic rings. The smallest absolute Gasteiger partial charge is 0.221 e. The number of nitrogens with zero attached hydrogens (tertiary/aromatic N) is 3. The van der Waals surface area contributed by atoms with Gasteiger partial charge in [0.1, 0.15) is 0 Å². The molecule has 0 aromatic carbocycles. The van der Waals surface area contributed by atoms with Gasteiger partial charge in [0, 0.05) is 37.5 Å². The number of rotatable bonds is 5. The molecule has 1 N–H and O–H groups in total. The van der Waals surface area contributed by atoms with Gasteiger partial charge in [-0.15, -0.1) is 0 Å². The molecule has 5 heteroatoms. The van der Waals surface area contributed by atoms with Gasteiger partial charge in [-0.25, -0.2) is 9.67 Å². The highest BCUT2D eigenvalue weighted by molar-refractivity contribution is 5.28. The van der Waals surface area contributed by atoms with E-state index in [1.165, 1.54) is 18.4 Å². The van der Waals surface area contributed by atoms with Crippen LogP contribution in [-0.2, 0) is 13.6 Å². The van der Waals surface area contributed by atoms with Crippen LogP contribution in [0.5, 0.6) is 11.8 Å². The SMILES string of the molecule is Cc1cc(CNC2CC2)cc(Oc2cc(C)nn2C)n1. The van der Waals surface area contributed by atoms with Crippen molar-refractivity contribution < 1.29 is 4.74 Å². The van der Waals surface area contributed by atoms with E-state index in [2.05, 4.69) is 21.5 Å². The van der Waals surface area contributed by atoms with Crippen molar-refractivity contribution in [2.75, 3.05) is 0 Å². The third-order valence-electron chi connectivity index (χ3n) is 3.33. The lowest BCUT2D eigenvalue weighted by molar-refractivity contribution is 0.413. The molecule has 0 aliphatic heterocycles. The predicted octanol–water partition coefficient (Wildman–Crippen LogP) is 2.48. The number of hydrogen-bond donors (Lipinski definition) is 1. The summed E-state index contributed by atoms with van der Waals surface area (Å²) in [5.74, 6) is 1.34. The summed E-state index contributed by atoms with van der Waals surface area (Å²) >= 11 is 0. The van der Waals surface area contributed by atoms with E-state index in [1.807, 2.05) is 33.0 Å². The van der Waals surface area contributed by atoms with Crippen LogP contribution in [0.4, 0.5) is 0 Å². The molecule has 0 amide bonds. The summed E-state index contributed by atoms with van der Waals surface area (Å²) in [6, 6.07) is 6.70. The van der Waals surface area contributed by atoms with Crippen LogP contribution in [0.1, 0.15) is 29.8 Å². The Bertz CT molecular complexity index is 616. The minimum Gasteiger partial charge on any atom is -0.421 e. The van der Waals surface area contributed by atoms with E-state index in [0.717, 1.165) is 17.9 Å². The maximum absolute atomic E-state index is 5.84. The topological polar surface area (TPSA) is 52.0 Å². The molecular weight excluding hydrogens is 252 g/mol. The monoisotopic (exact) mass is 272 g/mol. The van der Waals surface area contributed by atoms with Crippen LogP contribution >= 0.6 is 0 Å². The predicted molar refractivity (Wildman–Crippen MR) is 76.9 cm³/mol. The van der Waals surface area contributed by atoms with Crippen molar-refractivity contribution in [1.82, 2.24) is 20.1 Å². The Hall–Kier alpha value is -1.88. The average Bonchev–Trinajstić information content (AvgIpc) is 3.14. The van der Waals surface area contributed by atoms with E-state index in [0.29, 0.717) is 17.8 Å². The summed E-state index contributed by atoms with van der Waals surface area (Å²) in [6.07, 6.45) is 2.59. The fraction of sp³-hybridized carbons (Fsp3) is 0.467. The van der Waals surface area contributed by atoms with Crippen LogP contribution in [-0.4, -0.2) is 20.8 Å². The molecule has 0 unspecified atom stereocenters. The third kappa shape index (κ3) is 3.17. The maximum atomic E-state index is 5.84. The minimum atomic E-state index is 0.626. The van der Waals surface area contributed by atoms with Crippen molar-refractivity contribution >= 4 is 0 Å². The molecule has 3 rings (SSSR count). The maximum Gasteiger partial charge on any atom is 0.221 e. The highest BCUT2D eigenvalue weighted by Gasteiger charge is 2.20. The van der Waals surface area contributed by atoms with E-state index in [1.54, 1.807) is 4.68 Å². The summed E-state index contributed by atoms with van der Waals surface area (Å²) < 4.78 is 7.56. The average molecular weight is 272 g/mol. The molecule has 1 aliphatic carbocycles. The van der Waals surface area contributed by atoms with Gasteiger partial charge < -0.3 is 10.1 Å². The second kappa shape index (κ2) is 5.25. The van der Waals surface area contributed by atoms with Crippen molar-refractivity contribution in [1.29, 1.82) is 0 Å². The highest BCUT2D eigenvalue weighted by Crippen LogP contribution is 2.23. The molecule has 0 spiro atoms. The van der Waals surface area contributed by atoms with Crippen LogP contribution in [0.3, 0.4) is 0 Å². The lowest BCUT2D eigenvalue weighted by Crippen LogP contribution is -2.15. The summed E-state index contributed by atoms with van der Waals surface area (Å²) in [4.78, 5) is 4.43. The summed E-state index contributed by atoms with van der Waals surface area (Å²) in [5.41, 5.74) is 3.11. The molecule has 20 heavy (non-hydrogen) atoms. The van der Waals surface area contributed by atoms with Crippen LogP contribution in [0.2, 0.25) is 0 Å². The van der Waals surface area contributed by atoms with Crippen LogP contribution in [0.15, 0.2) is 18.2 Å². The normalized spacial score (nSPS) is 14.6. The van der Waals surface area contributed by atoms with Gasteiger partial charge in [0.25, 0.3) is 0 Å². The van der Waals surface area contributed by atoms with Crippen LogP contribution in [0, 0.1) is 13.8 Å². The van der Waals surface area contributed by atoms with Crippen molar-refractivity contribution in [2.45, 2.75) is 39.3 Å². The lowest BCUT2D eigenvalue weighted by atomic mass is 10.2. The fourth-order valence-electron chi connectivity index (χ4n) is 2.20. The summed E-state index contributed by atoms with van der Waals surface area (Å²) in [6.45, 7) is 4.80. The number of hydrogen-bond acceptors (Lipinski definition) is 4. The van der Waals surface area contributed by atoms with Crippen molar-refractivity contribution in [3.63, 3.8) is 0 Å². The molecule has 0 atom stereocenters. The first kappa shape index (κ1) is 13.1. The number of aromatic nitrogens is 3. The number of ether oxygens (including phenoxy) is 1. The van der Waals surface area contributed by atoms with E-state index >= 15 is 0 Å². The van der Waals surface area contributed by atoms with Gasteiger partial charge in [0.15, 0.2) is 0 Å². The van der Waals surface area contributed by atoms with E-state index < -0.39 is 0 Å². The summed E-state index contributed by atoms with van der Waals surface area (Å²) in [5, 5.41) is 7.78.